The number of hydrogen-bond donors (Lipinski definition) is 1. The SMILES string of the molecule is Cc1c(C(C)Nc2ccc(C#N)nn2)cnn1-c1ccc(F)cc1. The van der Waals surface area contributed by atoms with Crippen LogP contribution < -0.4 is 5.32 Å². The number of anilines is 1. The average molecular weight is 322 g/mol. The molecule has 1 atom stereocenters. The number of benzene rings is 1. The van der Waals surface area contributed by atoms with Crippen molar-refractivity contribution in [1.82, 2.24) is 20.0 Å². The Kier molecular flexibility index (Phi) is 4.20. The Morgan fingerprint density at radius 2 is 1.92 bits per heavy atom. The van der Waals surface area contributed by atoms with E-state index in [-0.39, 0.29) is 17.6 Å². The van der Waals surface area contributed by atoms with Gasteiger partial charge in [-0.1, -0.05) is 0 Å². The van der Waals surface area contributed by atoms with Crippen LogP contribution >= 0.6 is 0 Å². The van der Waals surface area contributed by atoms with Gasteiger partial charge in [-0.3, -0.25) is 0 Å². The number of rotatable bonds is 4. The first-order chi connectivity index (χ1) is 11.6. The molecule has 0 fully saturated rings. The van der Waals surface area contributed by atoms with E-state index in [4.69, 9.17) is 5.26 Å². The molecule has 1 unspecified atom stereocenters. The molecule has 1 aromatic carbocycles. The molecule has 0 amide bonds. The average Bonchev–Trinajstić information content (AvgIpc) is 2.98. The van der Waals surface area contributed by atoms with Gasteiger partial charge in [0.25, 0.3) is 0 Å². The quantitative estimate of drug-likeness (QED) is 0.798. The molecule has 1 N–H and O–H groups in total. The van der Waals surface area contributed by atoms with Gasteiger partial charge in [-0.2, -0.15) is 10.4 Å². The van der Waals surface area contributed by atoms with Crippen molar-refractivity contribution < 1.29 is 4.39 Å². The van der Waals surface area contributed by atoms with Crippen molar-refractivity contribution in [1.29, 1.82) is 5.26 Å². The van der Waals surface area contributed by atoms with Crippen molar-refractivity contribution in [2.24, 2.45) is 0 Å². The number of nitriles is 1. The van der Waals surface area contributed by atoms with Crippen molar-refractivity contribution in [2.45, 2.75) is 19.9 Å². The third kappa shape index (κ3) is 3.08. The van der Waals surface area contributed by atoms with Gasteiger partial charge in [0, 0.05) is 11.3 Å². The minimum Gasteiger partial charge on any atom is -0.362 e. The molecular weight excluding hydrogens is 307 g/mol. The zero-order chi connectivity index (χ0) is 17.1. The molecule has 0 spiro atoms. The maximum Gasteiger partial charge on any atom is 0.163 e. The van der Waals surface area contributed by atoms with Crippen LogP contribution in [-0.2, 0) is 0 Å². The van der Waals surface area contributed by atoms with Gasteiger partial charge in [0.1, 0.15) is 17.7 Å². The Bertz CT molecular complexity index is 877. The van der Waals surface area contributed by atoms with Gasteiger partial charge >= 0.3 is 0 Å². The summed E-state index contributed by atoms with van der Waals surface area (Å²) in [4.78, 5) is 0. The van der Waals surface area contributed by atoms with Gasteiger partial charge in [0.05, 0.1) is 17.9 Å². The smallest absolute Gasteiger partial charge is 0.163 e. The summed E-state index contributed by atoms with van der Waals surface area (Å²) in [7, 11) is 0. The fourth-order valence-corrected chi connectivity index (χ4v) is 2.46. The molecule has 0 bridgehead atoms. The Labute approximate surface area is 138 Å². The van der Waals surface area contributed by atoms with Gasteiger partial charge in [-0.25, -0.2) is 9.07 Å². The highest BCUT2D eigenvalue weighted by Crippen LogP contribution is 2.23. The van der Waals surface area contributed by atoms with Crippen LogP contribution in [0.1, 0.15) is 29.9 Å². The number of aromatic nitrogens is 4. The molecule has 2 heterocycles. The van der Waals surface area contributed by atoms with Gasteiger partial charge in [-0.05, 0) is 50.2 Å². The highest BCUT2D eigenvalue weighted by molar-refractivity contribution is 5.41. The van der Waals surface area contributed by atoms with Crippen molar-refractivity contribution in [3.63, 3.8) is 0 Å². The van der Waals surface area contributed by atoms with Gasteiger partial charge in [0.15, 0.2) is 5.69 Å². The van der Waals surface area contributed by atoms with Crippen molar-refractivity contribution in [3.8, 4) is 11.8 Å². The Morgan fingerprint density at radius 1 is 1.17 bits per heavy atom. The van der Waals surface area contributed by atoms with Crippen LogP contribution in [0.25, 0.3) is 5.69 Å². The summed E-state index contributed by atoms with van der Waals surface area (Å²) < 4.78 is 14.8. The second-order valence-corrected chi connectivity index (χ2v) is 5.36. The fourth-order valence-electron chi connectivity index (χ4n) is 2.46. The summed E-state index contributed by atoms with van der Waals surface area (Å²) in [5.74, 6) is 0.300. The number of hydrogen-bond acceptors (Lipinski definition) is 5. The van der Waals surface area contributed by atoms with E-state index < -0.39 is 0 Å². The zero-order valence-electron chi connectivity index (χ0n) is 13.2. The van der Waals surface area contributed by atoms with E-state index in [1.807, 2.05) is 19.9 Å². The first-order valence-corrected chi connectivity index (χ1v) is 7.39. The topological polar surface area (TPSA) is 79.4 Å². The van der Waals surface area contributed by atoms with E-state index >= 15 is 0 Å². The Morgan fingerprint density at radius 3 is 2.54 bits per heavy atom. The first-order valence-electron chi connectivity index (χ1n) is 7.39. The van der Waals surface area contributed by atoms with E-state index in [2.05, 4.69) is 20.6 Å². The Balaban J connectivity index is 1.81. The molecule has 24 heavy (non-hydrogen) atoms. The molecule has 0 saturated carbocycles. The minimum absolute atomic E-state index is 0.0542. The number of halogens is 1. The monoisotopic (exact) mass is 322 g/mol. The summed E-state index contributed by atoms with van der Waals surface area (Å²) in [5, 5.41) is 24.1. The maximum atomic E-state index is 13.1. The highest BCUT2D eigenvalue weighted by atomic mass is 19.1. The molecule has 6 nitrogen and oxygen atoms in total. The van der Waals surface area contributed by atoms with Crippen LogP contribution in [0.2, 0.25) is 0 Å². The van der Waals surface area contributed by atoms with Gasteiger partial charge in [0.2, 0.25) is 0 Å². The second kappa shape index (κ2) is 6.46. The van der Waals surface area contributed by atoms with Crippen LogP contribution in [0.4, 0.5) is 10.2 Å². The summed E-state index contributed by atoms with van der Waals surface area (Å²) in [6.45, 7) is 3.94. The lowest BCUT2D eigenvalue weighted by Crippen LogP contribution is -2.10. The molecule has 0 aliphatic heterocycles. The fraction of sp³-hybridized carbons (Fsp3) is 0.176. The molecular formula is C17H15FN6. The van der Waals surface area contributed by atoms with Crippen molar-refractivity contribution in [3.05, 3.63) is 65.4 Å². The summed E-state index contributed by atoms with van der Waals surface area (Å²) >= 11 is 0. The summed E-state index contributed by atoms with van der Waals surface area (Å²) in [6, 6.07) is 11.4. The van der Waals surface area contributed by atoms with E-state index in [0.29, 0.717) is 5.82 Å². The predicted molar refractivity (Wildman–Crippen MR) is 87.0 cm³/mol. The molecule has 0 saturated heterocycles. The van der Waals surface area contributed by atoms with Crippen LogP contribution in [0.5, 0.6) is 0 Å². The Hall–Kier alpha value is -3.27. The third-order valence-corrected chi connectivity index (χ3v) is 3.73. The minimum atomic E-state index is -0.279. The van der Waals surface area contributed by atoms with E-state index in [0.717, 1.165) is 16.9 Å². The van der Waals surface area contributed by atoms with Crippen LogP contribution in [0.3, 0.4) is 0 Å². The molecule has 2 aromatic heterocycles. The zero-order valence-corrected chi connectivity index (χ0v) is 13.2. The largest absolute Gasteiger partial charge is 0.362 e. The van der Waals surface area contributed by atoms with Crippen LogP contribution in [0, 0.1) is 24.1 Å². The lowest BCUT2D eigenvalue weighted by atomic mass is 10.1. The second-order valence-electron chi connectivity index (χ2n) is 5.36. The normalized spacial score (nSPS) is 11.8. The highest BCUT2D eigenvalue weighted by Gasteiger charge is 2.15. The third-order valence-electron chi connectivity index (χ3n) is 3.73. The standard InChI is InChI=1S/C17H15FN6/c1-11(21-17-8-5-14(9-19)22-23-17)16-10-20-24(12(16)2)15-6-3-13(18)4-7-15/h3-8,10-11H,1-2H3,(H,21,23). The summed E-state index contributed by atoms with van der Waals surface area (Å²) in [5.41, 5.74) is 3.01. The van der Waals surface area contributed by atoms with Gasteiger partial charge in [-0.15, -0.1) is 10.2 Å². The molecule has 0 aliphatic carbocycles. The number of nitrogens with zero attached hydrogens (tertiary/aromatic N) is 5. The molecule has 0 radical (unpaired) electrons. The van der Waals surface area contributed by atoms with E-state index in [1.54, 1.807) is 35.1 Å². The van der Waals surface area contributed by atoms with Crippen LogP contribution in [0.15, 0.2) is 42.6 Å². The van der Waals surface area contributed by atoms with Crippen LogP contribution in [-0.4, -0.2) is 20.0 Å². The molecule has 0 aliphatic rings. The molecule has 3 rings (SSSR count). The molecule has 3 aromatic rings. The van der Waals surface area contributed by atoms with Crippen molar-refractivity contribution in [2.75, 3.05) is 5.32 Å². The van der Waals surface area contributed by atoms with Gasteiger partial charge < -0.3 is 5.32 Å². The lowest BCUT2D eigenvalue weighted by molar-refractivity contribution is 0.627. The maximum absolute atomic E-state index is 13.1. The van der Waals surface area contributed by atoms with E-state index in [1.165, 1.54) is 12.1 Å². The first kappa shape index (κ1) is 15.6. The van der Waals surface area contributed by atoms with Crippen molar-refractivity contribution >= 4 is 5.82 Å². The molecule has 7 heteroatoms. The van der Waals surface area contributed by atoms with E-state index in [9.17, 15) is 4.39 Å². The number of nitrogens with one attached hydrogen (secondary N) is 1. The predicted octanol–water partition coefficient (Wildman–Crippen LogP) is 3.15. The lowest BCUT2D eigenvalue weighted by Gasteiger charge is -2.14. The molecule has 120 valence electrons. The summed E-state index contributed by atoms with van der Waals surface area (Å²) in [6.07, 6.45) is 1.77.